The largest absolute Gasteiger partial charge is 0.409 e. The number of hydrogen-bond donors (Lipinski definition) is 2. The van der Waals surface area contributed by atoms with Gasteiger partial charge in [0.25, 0.3) is 0 Å². The van der Waals surface area contributed by atoms with Gasteiger partial charge in [-0.2, -0.15) is 0 Å². The average molecular weight is 259 g/mol. The first-order valence-corrected chi connectivity index (χ1v) is 6.19. The first kappa shape index (κ1) is 12.4. The van der Waals surface area contributed by atoms with Crippen LogP contribution in [0.3, 0.4) is 0 Å². The van der Waals surface area contributed by atoms with E-state index in [-0.39, 0.29) is 5.84 Å². The summed E-state index contributed by atoms with van der Waals surface area (Å²) >= 11 is 1.53. The average Bonchev–Trinajstić information content (AvgIpc) is 2.41. The van der Waals surface area contributed by atoms with Gasteiger partial charge >= 0.3 is 0 Å². The molecule has 0 unspecified atom stereocenters. The second-order valence-corrected chi connectivity index (χ2v) is 4.89. The Labute approximate surface area is 110 Å². The van der Waals surface area contributed by atoms with Gasteiger partial charge in [0, 0.05) is 27.7 Å². The van der Waals surface area contributed by atoms with Gasteiger partial charge in [0.05, 0.1) is 0 Å². The van der Waals surface area contributed by atoms with E-state index in [1.807, 2.05) is 31.2 Å². The highest BCUT2D eigenvalue weighted by molar-refractivity contribution is 7.99. The minimum atomic E-state index is 0.0898. The maximum absolute atomic E-state index is 8.75. The van der Waals surface area contributed by atoms with Crippen molar-refractivity contribution in [3.63, 3.8) is 0 Å². The summed E-state index contributed by atoms with van der Waals surface area (Å²) < 4.78 is 0. The third-order valence-electron chi connectivity index (χ3n) is 2.42. The standard InChI is InChI=1S/C13H13N3OS/c1-9-2-4-10(5-3-9)18-12-8-15-7-6-11(12)13(14)16-17/h2-8,17H,1H3,(H2,14,16). The van der Waals surface area contributed by atoms with Gasteiger partial charge in [-0.1, -0.05) is 34.6 Å². The minimum absolute atomic E-state index is 0.0898. The van der Waals surface area contributed by atoms with Crippen LogP contribution in [0.15, 0.2) is 57.7 Å². The number of pyridine rings is 1. The van der Waals surface area contributed by atoms with Gasteiger partial charge in [0.15, 0.2) is 5.84 Å². The molecule has 0 amide bonds. The number of aromatic nitrogens is 1. The smallest absolute Gasteiger partial charge is 0.171 e. The summed E-state index contributed by atoms with van der Waals surface area (Å²) in [4.78, 5) is 6.00. The summed E-state index contributed by atoms with van der Waals surface area (Å²) in [5.41, 5.74) is 7.52. The summed E-state index contributed by atoms with van der Waals surface area (Å²) in [6, 6.07) is 9.88. The van der Waals surface area contributed by atoms with Crippen molar-refractivity contribution in [2.24, 2.45) is 10.9 Å². The van der Waals surface area contributed by atoms with E-state index < -0.39 is 0 Å². The monoisotopic (exact) mass is 259 g/mol. The zero-order valence-corrected chi connectivity index (χ0v) is 10.7. The molecule has 4 nitrogen and oxygen atoms in total. The van der Waals surface area contributed by atoms with E-state index in [0.717, 1.165) is 9.79 Å². The Balaban J connectivity index is 2.32. The fourth-order valence-corrected chi connectivity index (χ4v) is 2.38. The Morgan fingerprint density at radius 3 is 2.67 bits per heavy atom. The molecule has 0 atom stereocenters. The van der Waals surface area contributed by atoms with Crippen LogP contribution in [-0.4, -0.2) is 16.0 Å². The number of nitrogens with zero attached hydrogens (tertiary/aromatic N) is 2. The number of hydrogen-bond acceptors (Lipinski definition) is 4. The highest BCUT2D eigenvalue weighted by atomic mass is 32.2. The predicted molar refractivity (Wildman–Crippen MR) is 72.0 cm³/mol. The zero-order chi connectivity index (χ0) is 13.0. The number of amidine groups is 1. The van der Waals surface area contributed by atoms with Gasteiger partial charge in [0.2, 0.25) is 0 Å². The summed E-state index contributed by atoms with van der Waals surface area (Å²) in [5, 5.41) is 11.8. The highest BCUT2D eigenvalue weighted by Gasteiger charge is 2.08. The van der Waals surface area contributed by atoms with E-state index in [4.69, 9.17) is 10.9 Å². The summed E-state index contributed by atoms with van der Waals surface area (Å²) in [6.07, 6.45) is 3.32. The Morgan fingerprint density at radius 1 is 1.28 bits per heavy atom. The fourth-order valence-electron chi connectivity index (χ4n) is 1.46. The van der Waals surface area contributed by atoms with Crippen LogP contribution in [0.5, 0.6) is 0 Å². The van der Waals surface area contributed by atoms with Crippen LogP contribution in [0.25, 0.3) is 0 Å². The van der Waals surface area contributed by atoms with Crippen molar-refractivity contribution < 1.29 is 5.21 Å². The lowest BCUT2D eigenvalue weighted by Gasteiger charge is -2.07. The molecule has 0 aliphatic rings. The van der Waals surface area contributed by atoms with Gasteiger partial charge in [-0.05, 0) is 25.1 Å². The van der Waals surface area contributed by atoms with Gasteiger partial charge in [-0.25, -0.2) is 0 Å². The molecule has 0 radical (unpaired) electrons. The molecule has 3 N–H and O–H groups in total. The van der Waals surface area contributed by atoms with Gasteiger partial charge < -0.3 is 10.9 Å². The normalized spacial score (nSPS) is 11.5. The van der Waals surface area contributed by atoms with Crippen molar-refractivity contribution in [2.75, 3.05) is 0 Å². The van der Waals surface area contributed by atoms with E-state index in [1.54, 1.807) is 18.5 Å². The Morgan fingerprint density at radius 2 is 2.00 bits per heavy atom. The Kier molecular flexibility index (Phi) is 3.84. The maximum atomic E-state index is 8.75. The second kappa shape index (κ2) is 5.55. The summed E-state index contributed by atoms with van der Waals surface area (Å²) in [7, 11) is 0. The van der Waals surface area contributed by atoms with E-state index in [2.05, 4.69) is 10.1 Å². The molecular formula is C13H13N3OS. The molecule has 92 valence electrons. The number of aryl methyl sites for hydroxylation is 1. The molecule has 0 fully saturated rings. The lowest BCUT2D eigenvalue weighted by molar-refractivity contribution is 0.318. The molecule has 2 aromatic rings. The molecule has 0 aliphatic heterocycles. The van der Waals surface area contributed by atoms with E-state index >= 15 is 0 Å². The van der Waals surface area contributed by atoms with Crippen LogP contribution in [0, 0.1) is 6.92 Å². The van der Waals surface area contributed by atoms with Crippen molar-refractivity contribution in [3.05, 3.63) is 53.9 Å². The zero-order valence-electron chi connectivity index (χ0n) is 9.87. The van der Waals surface area contributed by atoms with Crippen molar-refractivity contribution >= 4 is 17.6 Å². The number of oxime groups is 1. The molecule has 18 heavy (non-hydrogen) atoms. The molecule has 0 saturated carbocycles. The number of benzene rings is 1. The van der Waals surface area contributed by atoms with Crippen LogP contribution >= 0.6 is 11.8 Å². The van der Waals surface area contributed by atoms with Crippen LogP contribution in [0.2, 0.25) is 0 Å². The van der Waals surface area contributed by atoms with Crippen LogP contribution in [0.4, 0.5) is 0 Å². The SMILES string of the molecule is Cc1ccc(Sc2cnccc2/C(N)=N/O)cc1. The topological polar surface area (TPSA) is 71.5 Å². The van der Waals surface area contributed by atoms with Crippen LogP contribution in [-0.2, 0) is 0 Å². The Hall–Kier alpha value is -2.01. The minimum Gasteiger partial charge on any atom is -0.409 e. The maximum Gasteiger partial charge on any atom is 0.171 e. The molecule has 0 bridgehead atoms. The molecule has 5 heteroatoms. The summed E-state index contributed by atoms with van der Waals surface area (Å²) in [6.45, 7) is 2.04. The van der Waals surface area contributed by atoms with Gasteiger partial charge in [0.1, 0.15) is 0 Å². The van der Waals surface area contributed by atoms with Crippen molar-refractivity contribution in [2.45, 2.75) is 16.7 Å². The lowest BCUT2D eigenvalue weighted by Crippen LogP contribution is -2.14. The van der Waals surface area contributed by atoms with Crippen molar-refractivity contribution in [1.29, 1.82) is 0 Å². The molecule has 0 saturated heterocycles. The first-order valence-electron chi connectivity index (χ1n) is 5.37. The van der Waals surface area contributed by atoms with Gasteiger partial charge in [-0.3, -0.25) is 4.98 Å². The number of rotatable bonds is 3. The highest BCUT2D eigenvalue weighted by Crippen LogP contribution is 2.29. The molecule has 1 heterocycles. The third kappa shape index (κ3) is 2.81. The molecular weight excluding hydrogens is 246 g/mol. The first-order chi connectivity index (χ1) is 8.70. The van der Waals surface area contributed by atoms with E-state index in [1.165, 1.54) is 17.3 Å². The predicted octanol–water partition coefficient (Wildman–Crippen LogP) is 2.64. The van der Waals surface area contributed by atoms with Gasteiger partial charge in [-0.15, -0.1) is 0 Å². The van der Waals surface area contributed by atoms with E-state index in [9.17, 15) is 0 Å². The molecule has 1 aromatic heterocycles. The van der Waals surface area contributed by atoms with Crippen LogP contribution in [0.1, 0.15) is 11.1 Å². The summed E-state index contributed by atoms with van der Waals surface area (Å²) in [5.74, 6) is 0.0898. The molecule has 0 aliphatic carbocycles. The molecule has 0 spiro atoms. The number of nitrogens with two attached hydrogens (primary N) is 1. The third-order valence-corrected chi connectivity index (χ3v) is 3.47. The Bertz CT molecular complexity index is 567. The van der Waals surface area contributed by atoms with Crippen molar-refractivity contribution in [1.82, 2.24) is 4.98 Å². The quantitative estimate of drug-likeness (QED) is 0.385. The fraction of sp³-hybridized carbons (Fsp3) is 0.0769. The van der Waals surface area contributed by atoms with Crippen LogP contribution < -0.4 is 5.73 Å². The lowest BCUT2D eigenvalue weighted by atomic mass is 10.2. The van der Waals surface area contributed by atoms with E-state index in [0.29, 0.717) is 5.56 Å². The molecule has 1 aromatic carbocycles. The molecule has 2 rings (SSSR count). The van der Waals surface area contributed by atoms with Crippen molar-refractivity contribution in [3.8, 4) is 0 Å². The second-order valence-electron chi connectivity index (χ2n) is 3.77.